The van der Waals surface area contributed by atoms with Crippen LogP contribution in [0.2, 0.25) is 0 Å². The molecule has 0 N–H and O–H groups in total. The summed E-state index contributed by atoms with van der Waals surface area (Å²) in [5.41, 5.74) is -0.0376. The van der Waals surface area contributed by atoms with Crippen LogP contribution < -0.4 is 0 Å². The second kappa shape index (κ2) is 7.14. The maximum atomic E-state index is 13.9. The molecule has 0 bridgehead atoms. The van der Waals surface area contributed by atoms with E-state index in [1.165, 1.54) is 0 Å². The van der Waals surface area contributed by atoms with Crippen LogP contribution in [-0.4, -0.2) is 47.0 Å². The van der Waals surface area contributed by atoms with Gasteiger partial charge in [0.15, 0.2) is 0 Å². The fraction of sp³-hybridized carbons (Fsp3) is 0.467. The van der Waals surface area contributed by atoms with Crippen LogP contribution in [0, 0.1) is 11.6 Å². The highest BCUT2D eigenvalue weighted by Crippen LogP contribution is 2.17. The number of nitrogens with zero attached hydrogens (tertiary/aromatic N) is 4. The number of hydrogen-bond donors (Lipinski definition) is 0. The topological polar surface area (TPSA) is 77.3 Å². The van der Waals surface area contributed by atoms with E-state index < -0.39 is 21.7 Å². The third-order valence-electron chi connectivity index (χ3n) is 3.97. The third kappa shape index (κ3) is 4.20. The zero-order valence-corrected chi connectivity index (χ0v) is 14.5. The first-order chi connectivity index (χ1) is 11.8. The Bertz CT molecular complexity index is 870. The van der Waals surface area contributed by atoms with Gasteiger partial charge in [-0.2, -0.15) is 4.31 Å². The smallest absolute Gasteiger partial charge is 0.211 e. The lowest BCUT2D eigenvalue weighted by molar-refractivity contribution is 0.139. The predicted molar refractivity (Wildman–Crippen MR) is 85.0 cm³/mol. The van der Waals surface area contributed by atoms with Crippen molar-refractivity contribution in [2.24, 2.45) is 0 Å². The summed E-state index contributed by atoms with van der Waals surface area (Å²) in [7, 11) is -3.67. The van der Waals surface area contributed by atoms with Gasteiger partial charge in [0.05, 0.1) is 26.0 Å². The van der Waals surface area contributed by atoms with Crippen molar-refractivity contribution < 1.29 is 21.9 Å². The molecule has 7 nitrogen and oxygen atoms in total. The summed E-state index contributed by atoms with van der Waals surface area (Å²) in [6.07, 6.45) is 1.61. The van der Waals surface area contributed by atoms with Crippen LogP contribution in [0.4, 0.5) is 8.78 Å². The lowest BCUT2D eigenvalue weighted by Crippen LogP contribution is -2.31. The Hall–Kier alpha value is -1.91. The molecule has 136 valence electrons. The summed E-state index contributed by atoms with van der Waals surface area (Å²) >= 11 is 0. The molecule has 0 spiro atoms. The molecule has 2 heterocycles. The number of halogens is 2. The number of hydrogen-bond acceptors (Lipinski definition) is 5. The van der Waals surface area contributed by atoms with Crippen molar-refractivity contribution in [2.75, 3.05) is 19.5 Å². The molecular formula is C15H18F2N4O3S. The molecule has 1 aromatic carbocycles. The monoisotopic (exact) mass is 372 g/mol. The number of rotatable bonds is 5. The Kier molecular flexibility index (Phi) is 5.11. The molecule has 0 atom stereocenters. The summed E-state index contributed by atoms with van der Waals surface area (Å²) < 4.78 is 59.7. The van der Waals surface area contributed by atoms with Crippen molar-refractivity contribution in [2.45, 2.75) is 26.1 Å². The fourth-order valence-corrected chi connectivity index (χ4v) is 3.38. The Morgan fingerprint density at radius 3 is 2.80 bits per heavy atom. The number of benzene rings is 1. The highest BCUT2D eigenvalue weighted by atomic mass is 32.2. The number of ether oxygens (including phenoxy) is 1. The van der Waals surface area contributed by atoms with Gasteiger partial charge in [0, 0.05) is 25.1 Å². The predicted octanol–water partition coefficient (Wildman–Crippen LogP) is 1.09. The van der Waals surface area contributed by atoms with Crippen LogP contribution in [0.1, 0.15) is 17.2 Å². The van der Waals surface area contributed by atoms with Gasteiger partial charge in [0.25, 0.3) is 0 Å². The van der Waals surface area contributed by atoms with Crippen LogP contribution in [0.15, 0.2) is 18.2 Å². The van der Waals surface area contributed by atoms with Crippen LogP contribution in [-0.2, 0) is 40.8 Å². The second-order valence-corrected chi connectivity index (χ2v) is 7.80. The van der Waals surface area contributed by atoms with Crippen LogP contribution >= 0.6 is 0 Å². The van der Waals surface area contributed by atoms with E-state index in [1.807, 2.05) is 4.57 Å². The van der Waals surface area contributed by atoms with Crippen molar-refractivity contribution in [1.29, 1.82) is 0 Å². The Balaban J connectivity index is 1.88. The molecule has 0 radical (unpaired) electrons. The Morgan fingerprint density at radius 1 is 1.24 bits per heavy atom. The number of sulfonamides is 1. The molecule has 0 fully saturated rings. The van der Waals surface area contributed by atoms with E-state index in [9.17, 15) is 17.2 Å². The van der Waals surface area contributed by atoms with Crippen molar-refractivity contribution >= 4 is 10.0 Å². The van der Waals surface area contributed by atoms with E-state index in [0.717, 1.165) is 34.6 Å². The first-order valence-electron chi connectivity index (χ1n) is 7.72. The third-order valence-corrected chi connectivity index (χ3v) is 5.17. The van der Waals surface area contributed by atoms with Gasteiger partial charge in [-0.1, -0.05) is 0 Å². The first-order valence-corrected chi connectivity index (χ1v) is 9.57. The van der Waals surface area contributed by atoms with E-state index in [-0.39, 0.29) is 18.7 Å². The fourth-order valence-electron chi connectivity index (χ4n) is 2.66. The molecule has 1 aromatic heterocycles. The molecule has 0 unspecified atom stereocenters. The van der Waals surface area contributed by atoms with Crippen molar-refractivity contribution in [3.05, 3.63) is 47.0 Å². The summed E-state index contributed by atoms with van der Waals surface area (Å²) in [6, 6.07) is 2.96. The average molecular weight is 372 g/mol. The Labute approximate surface area is 144 Å². The van der Waals surface area contributed by atoms with Gasteiger partial charge in [-0.25, -0.2) is 17.2 Å². The molecular weight excluding hydrogens is 354 g/mol. The van der Waals surface area contributed by atoms with Crippen LogP contribution in [0.5, 0.6) is 0 Å². The molecule has 1 aliphatic rings. The summed E-state index contributed by atoms with van der Waals surface area (Å²) in [5.74, 6) is -0.123. The minimum Gasteiger partial charge on any atom is -0.379 e. The second-order valence-electron chi connectivity index (χ2n) is 5.81. The van der Waals surface area contributed by atoms with Gasteiger partial charge in [-0.05, 0) is 18.2 Å². The van der Waals surface area contributed by atoms with Gasteiger partial charge in [0.2, 0.25) is 10.0 Å². The van der Waals surface area contributed by atoms with Gasteiger partial charge >= 0.3 is 0 Å². The lowest BCUT2D eigenvalue weighted by Gasteiger charge is -2.20. The molecule has 2 aromatic rings. The average Bonchev–Trinajstić information content (AvgIpc) is 2.77. The summed E-state index contributed by atoms with van der Waals surface area (Å²) in [4.78, 5) is 0. The molecule has 0 aliphatic carbocycles. The molecule has 0 saturated carbocycles. The van der Waals surface area contributed by atoms with Crippen LogP contribution in [0.25, 0.3) is 0 Å². The highest BCUT2D eigenvalue weighted by Gasteiger charge is 2.24. The highest BCUT2D eigenvalue weighted by molar-refractivity contribution is 7.88. The number of aromatic nitrogens is 3. The molecule has 25 heavy (non-hydrogen) atoms. The minimum atomic E-state index is -3.67. The van der Waals surface area contributed by atoms with E-state index >= 15 is 0 Å². The molecule has 3 rings (SSSR count). The van der Waals surface area contributed by atoms with E-state index in [1.54, 1.807) is 0 Å². The minimum absolute atomic E-state index is 0.0376. The summed E-state index contributed by atoms with van der Waals surface area (Å²) in [6.45, 7) is 1.16. The van der Waals surface area contributed by atoms with Gasteiger partial charge in [0.1, 0.15) is 23.3 Å². The summed E-state index contributed by atoms with van der Waals surface area (Å²) in [5, 5.41) is 8.13. The maximum Gasteiger partial charge on any atom is 0.211 e. The van der Waals surface area contributed by atoms with Crippen molar-refractivity contribution in [1.82, 2.24) is 19.1 Å². The first kappa shape index (κ1) is 17.9. The molecule has 1 aliphatic heterocycles. The van der Waals surface area contributed by atoms with E-state index in [0.29, 0.717) is 32.0 Å². The molecule has 0 amide bonds. The van der Waals surface area contributed by atoms with Gasteiger partial charge < -0.3 is 9.30 Å². The molecule has 0 saturated heterocycles. The van der Waals surface area contributed by atoms with E-state index in [2.05, 4.69) is 10.2 Å². The lowest BCUT2D eigenvalue weighted by atomic mass is 10.2. The normalized spacial score (nSPS) is 15.2. The van der Waals surface area contributed by atoms with Crippen LogP contribution in [0.3, 0.4) is 0 Å². The van der Waals surface area contributed by atoms with Crippen molar-refractivity contribution in [3.63, 3.8) is 0 Å². The van der Waals surface area contributed by atoms with Gasteiger partial charge in [-0.15, -0.1) is 10.2 Å². The van der Waals surface area contributed by atoms with Crippen molar-refractivity contribution in [3.8, 4) is 0 Å². The molecule has 10 heteroatoms. The largest absolute Gasteiger partial charge is 0.379 e. The zero-order valence-electron chi connectivity index (χ0n) is 13.7. The number of fused-ring (bicyclic) bond motifs is 1. The van der Waals surface area contributed by atoms with Gasteiger partial charge in [-0.3, -0.25) is 0 Å². The SMILES string of the molecule is CS(=O)(=O)N(Cc1cc(F)ccc1F)Cc1nnc2n1CCOCC2. The quantitative estimate of drug-likeness (QED) is 0.785. The maximum absolute atomic E-state index is 13.9. The van der Waals surface area contributed by atoms with E-state index in [4.69, 9.17) is 4.74 Å². The zero-order chi connectivity index (χ0) is 18.0. The Morgan fingerprint density at radius 2 is 2.04 bits per heavy atom. The standard InChI is InChI=1S/C15H18F2N4O3S/c1-25(22,23)20(9-11-8-12(16)2-3-13(11)17)10-15-19-18-14-4-6-24-7-5-21(14)15/h2-3,8H,4-7,9-10H2,1H3.